The molecule has 0 radical (unpaired) electrons. The van der Waals surface area contributed by atoms with E-state index in [0.29, 0.717) is 0 Å². The number of thioether (sulfide) groups is 1. The molecule has 18 heavy (non-hydrogen) atoms. The molecule has 0 saturated carbocycles. The van der Waals surface area contributed by atoms with Crippen LogP contribution in [-0.2, 0) is 5.75 Å². The van der Waals surface area contributed by atoms with Crippen LogP contribution in [0.1, 0.15) is 31.7 Å². The van der Waals surface area contributed by atoms with Gasteiger partial charge in [0.1, 0.15) is 0 Å². The lowest BCUT2D eigenvalue weighted by Gasteiger charge is -2.26. The molecule has 0 heterocycles. The molecule has 2 nitrogen and oxygen atoms in total. The van der Waals surface area contributed by atoms with Gasteiger partial charge in [-0.3, -0.25) is 0 Å². The Balaban J connectivity index is 2.06. The molecule has 0 bridgehead atoms. The summed E-state index contributed by atoms with van der Waals surface area (Å²) in [5.74, 6) is 2.30. The number of aliphatic hydroxyl groups excluding tert-OH is 1. The Bertz CT molecular complexity index is 312. The van der Waals surface area contributed by atoms with E-state index in [-0.39, 0.29) is 12.1 Å². The highest BCUT2D eigenvalue weighted by Gasteiger charge is 2.19. The summed E-state index contributed by atoms with van der Waals surface area (Å²) in [7, 11) is 1.92. The van der Waals surface area contributed by atoms with Gasteiger partial charge in [-0.05, 0) is 38.1 Å². The second kappa shape index (κ2) is 8.57. The normalized spacial score (nSPS) is 14.4. The largest absolute Gasteiger partial charge is 0.394 e. The fourth-order valence-corrected chi connectivity index (χ4v) is 2.75. The summed E-state index contributed by atoms with van der Waals surface area (Å²) in [5, 5.41) is 12.5. The first-order chi connectivity index (χ1) is 8.70. The fourth-order valence-electron chi connectivity index (χ4n) is 1.77. The van der Waals surface area contributed by atoms with Crippen LogP contribution < -0.4 is 5.32 Å². The first kappa shape index (κ1) is 15.5. The molecule has 1 aromatic carbocycles. The molecule has 1 aromatic rings. The van der Waals surface area contributed by atoms with E-state index in [1.54, 1.807) is 0 Å². The third kappa shape index (κ3) is 5.89. The van der Waals surface area contributed by atoms with E-state index in [4.69, 9.17) is 0 Å². The monoisotopic (exact) mass is 267 g/mol. The minimum Gasteiger partial charge on any atom is -0.394 e. The van der Waals surface area contributed by atoms with Crippen LogP contribution in [0.25, 0.3) is 0 Å². The molecule has 3 heteroatoms. The molecule has 0 fully saturated rings. The average Bonchev–Trinajstić information content (AvgIpc) is 2.43. The van der Waals surface area contributed by atoms with Crippen LogP contribution in [0.3, 0.4) is 0 Å². The van der Waals surface area contributed by atoms with Gasteiger partial charge < -0.3 is 10.4 Å². The molecule has 2 N–H and O–H groups in total. The molecule has 0 aromatic heterocycles. The van der Waals surface area contributed by atoms with Crippen molar-refractivity contribution in [2.45, 2.75) is 37.5 Å². The summed E-state index contributed by atoms with van der Waals surface area (Å²) in [6.45, 7) is 2.28. The van der Waals surface area contributed by atoms with E-state index in [1.165, 1.54) is 24.2 Å². The predicted octanol–water partition coefficient (Wildman–Crippen LogP) is 3.06. The molecule has 0 aliphatic rings. The maximum atomic E-state index is 9.27. The number of unbranched alkanes of at least 4 members (excludes halogenated alkanes) is 1. The quantitative estimate of drug-likeness (QED) is 0.675. The van der Waals surface area contributed by atoms with E-state index in [2.05, 4.69) is 42.6 Å². The third-order valence-corrected chi connectivity index (χ3v) is 4.45. The van der Waals surface area contributed by atoms with Crippen molar-refractivity contribution in [3.8, 4) is 0 Å². The minimum absolute atomic E-state index is 0.107. The number of hydrogen-bond acceptors (Lipinski definition) is 3. The number of nitrogens with one attached hydrogen (secondary N) is 1. The van der Waals surface area contributed by atoms with Crippen molar-refractivity contribution in [2.75, 3.05) is 19.4 Å². The number of hydrogen-bond donors (Lipinski definition) is 2. The van der Waals surface area contributed by atoms with Gasteiger partial charge in [0.05, 0.1) is 6.61 Å². The van der Waals surface area contributed by atoms with E-state index in [0.717, 1.165) is 12.2 Å². The molecule has 102 valence electrons. The molecule has 0 spiro atoms. The topological polar surface area (TPSA) is 32.3 Å². The smallest absolute Gasteiger partial charge is 0.0610 e. The zero-order valence-corrected chi connectivity index (χ0v) is 12.3. The summed E-state index contributed by atoms with van der Waals surface area (Å²) >= 11 is 1.99. The molecular formula is C15H25NOS. The molecule has 1 rings (SSSR count). The number of aliphatic hydroxyl groups is 1. The zero-order valence-electron chi connectivity index (χ0n) is 11.5. The standard InChI is InChI=1S/C15H25NOS/c1-15(13-17,16-2)10-6-7-11-18-12-14-8-4-3-5-9-14/h3-5,8-9,16-17H,6-7,10-13H2,1-2H3. The van der Waals surface area contributed by atoms with E-state index in [1.807, 2.05) is 18.8 Å². The maximum absolute atomic E-state index is 9.27. The molecule has 1 atom stereocenters. The van der Waals surface area contributed by atoms with Crippen LogP contribution in [0.4, 0.5) is 0 Å². The van der Waals surface area contributed by atoms with Crippen molar-refractivity contribution in [2.24, 2.45) is 0 Å². The van der Waals surface area contributed by atoms with E-state index >= 15 is 0 Å². The lowest BCUT2D eigenvalue weighted by atomic mass is 9.96. The van der Waals surface area contributed by atoms with Gasteiger partial charge in [-0.1, -0.05) is 36.8 Å². The first-order valence-corrected chi connectivity index (χ1v) is 7.77. The van der Waals surface area contributed by atoms with Crippen LogP contribution in [0.15, 0.2) is 30.3 Å². The van der Waals surface area contributed by atoms with Gasteiger partial charge in [-0.2, -0.15) is 11.8 Å². The van der Waals surface area contributed by atoms with Crippen molar-refractivity contribution >= 4 is 11.8 Å². The van der Waals surface area contributed by atoms with Gasteiger partial charge in [-0.15, -0.1) is 0 Å². The fraction of sp³-hybridized carbons (Fsp3) is 0.600. The second-order valence-electron chi connectivity index (χ2n) is 4.96. The van der Waals surface area contributed by atoms with Crippen molar-refractivity contribution in [1.82, 2.24) is 5.32 Å². The average molecular weight is 267 g/mol. The number of rotatable bonds is 9. The molecule has 1 unspecified atom stereocenters. The summed E-state index contributed by atoms with van der Waals surface area (Å²) in [6.07, 6.45) is 3.42. The van der Waals surface area contributed by atoms with Gasteiger partial charge in [0.2, 0.25) is 0 Å². The van der Waals surface area contributed by atoms with Crippen LogP contribution in [0.5, 0.6) is 0 Å². The van der Waals surface area contributed by atoms with Crippen molar-refractivity contribution < 1.29 is 5.11 Å². The Morgan fingerprint density at radius 2 is 1.94 bits per heavy atom. The minimum atomic E-state index is -0.107. The summed E-state index contributed by atoms with van der Waals surface area (Å²) < 4.78 is 0. The lowest BCUT2D eigenvalue weighted by Crippen LogP contribution is -2.43. The second-order valence-corrected chi connectivity index (χ2v) is 6.07. The SMILES string of the molecule is CNC(C)(CO)CCCCSCc1ccccc1. The Kier molecular flexibility index (Phi) is 7.40. The summed E-state index contributed by atoms with van der Waals surface area (Å²) in [4.78, 5) is 0. The van der Waals surface area contributed by atoms with Crippen molar-refractivity contribution in [1.29, 1.82) is 0 Å². The van der Waals surface area contributed by atoms with Gasteiger partial charge >= 0.3 is 0 Å². The van der Waals surface area contributed by atoms with E-state index < -0.39 is 0 Å². The Morgan fingerprint density at radius 1 is 1.22 bits per heavy atom. The molecule has 0 amide bonds. The van der Waals surface area contributed by atoms with Crippen LogP contribution in [-0.4, -0.2) is 30.1 Å². The molecule has 0 saturated heterocycles. The van der Waals surface area contributed by atoms with Gasteiger partial charge in [0.25, 0.3) is 0 Å². The maximum Gasteiger partial charge on any atom is 0.0610 e. The third-order valence-electron chi connectivity index (χ3n) is 3.33. The zero-order chi connectivity index (χ0) is 13.3. The Morgan fingerprint density at radius 3 is 2.56 bits per heavy atom. The Labute approximate surface area is 115 Å². The Hall–Kier alpha value is -0.510. The van der Waals surface area contributed by atoms with Crippen LogP contribution >= 0.6 is 11.8 Å². The van der Waals surface area contributed by atoms with Crippen LogP contribution in [0, 0.1) is 0 Å². The highest BCUT2D eigenvalue weighted by molar-refractivity contribution is 7.98. The highest BCUT2D eigenvalue weighted by Crippen LogP contribution is 2.17. The van der Waals surface area contributed by atoms with Crippen molar-refractivity contribution in [3.05, 3.63) is 35.9 Å². The number of benzene rings is 1. The van der Waals surface area contributed by atoms with Crippen molar-refractivity contribution in [3.63, 3.8) is 0 Å². The lowest BCUT2D eigenvalue weighted by molar-refractivity contribution is 0.171. The van der Waals surface area contributed by atoms with Gasteiger partial charge in [0, 0.05) is 11.3 Å². The van der Waals surface area contributed by atoms with Gasteiger partial charge in [-0.25, -0.2) is 0 Å². The van der Waals surface area contributed by atoms with Gasteiger partial charge in [0.15, 0.2) is 0 Å². The first-order valence-electron chi connectivity index (χ1n) is 6.61. The summed E-state index contributed by atoms with van der Waals surface area (Å²) in [6, 6.07) is 10.6. The van der Waals surface area contributed by atoms with Crippen LogP contribution in [0.2, 0.25) is 0 Å². The molecular weight excluding hydrogens is 242 g/mol. The molecule has 0 aliphatic carbocycles. The highest BCUT2D eigenvalue weighted by atomic mass is 32.2. The number of likely N-dealkylation sites (N-methyl/N-ethyl adjacent to an activating group) is 1. The predicted molar refractivity (Wildman–Crippen MR) is 81.0 cm³/mol. The summed E-state index contributed by atoms with van der Waals surface area (Å²) in [5.41, 5.74) is 1.29. The molecule has 0 aliphatic heterocycles. The van der Waals surface area contributed by atoms with E-state index in [9.17, 15) is 5.11 Å².